The molecule has 1 aromatic rings. The second-order valence-electron chi connectivity index (χ2n) is 4.68. The van der Waals surface area contributed by atoms with Gasteiger partial charge in [-0.2, -0.15) is 0 Å². The Labute approximate surface area is 107 Å². The predicted octanol–water partition coefficient (Wildman–Crippen LogP) is -1.79. The first-order chi connectivity index (χ1) is 9.11. The molecule has 2 fully saturated rings. The summed E-state index contributed by atoms with van der Waals surface area (Å²) < 4.78 is 17.8. The molecule has 1 aromatic heterocycles. The molecular formula is C11H14N2O6. The van der Waals surface area contributed by atoms with Crippen LogP contribution in [0.5, 0.6) is 0 Å². The summed E-state index contributed by atoms with van der Waals surface area (Å²) in [6.07, 6.45) is -0.342. The van der Waals surface area contributed by atoms with Gasteiger partial charge in [-0.25, -0.2) is 4.79 Å². The fourth-order valence-electron chi connectivity index (χ4n) is 2.71. The number of aromatic nitrogens is 2. The van der Waals surface area contributed by atoms with Crippen LogP contribution >= 0.6 is 0 Å². The second-order valence-corrected chi connectivity index (χ2v) is 4.68. The van der Waals surface area contributed by atoms with Gasteiger partial charge in [0.1, 0.15) is 17.8 Å². The van der Waals surface area contributed by atoms with Gasteiger partial charge in [0.2, 0.25) is 0 Å². The maximum atomic E-state index is 11.8. The Kier molecular flexibility index (Phi) is 2.82. The fourth-order valence-corrected chi connectivity index (χ4v) is 2.71. The molecule has 0 amide bonds. The Morgan fingerprint density at radius 3 is 3.00 bits per heavy atom. The summed E-state index contributed by atoms with van der Waals surface area (Å²) >= 11 is 0. The normalized spacial score (nSPS) is 36.8. The summed E-state index contributed by atoms with van der Waals surface area (Å²) in [5.41, 5.74) is -2.03. The van der Waals surface area contributed by atoms with Crippen LogP contribution in [0.1, 0.15) is 6.23 Å². The van der Waals surface area contributed by atoms with Crippen LogP contribution in [0.2, 0.25) is 0 Å². The average molecular weight is 270 g/mol. The van der Waals surface area contributed by atoms with E-state index in [0.29, 0.717) is 0 Å². The number of hydrogen-bond donors (Lipinski definition) is 2. The number of aromatic amines is 1. The van der Waals surface area contributed by atoms with Crippen molar-refractivity contribution in [2.24, 2.45) is 0 Å². The zero-order valence-electron chi connectivity index (χ0n) is 10.2. The summed E-state index contributed by atoms with van der Waals surface area (Å²) in [7, 11) is 1.50. The van der Waals surface area contributed by atoms with Crippen molar-refractivity contribution < 1.29 is 19.3 Å². The van der Waals surface area contributed by atoms with Crippen molar-refractivity contribution in [2.75, 3.05) is 20.3 Å². The molecule has 19 heavy (non-hydrogen) atoms. The maximum Gasteiger partial charge on any atom is 0.330 e. The lowest BCUT2D eigenvalue weighted by Crippen LogP contribution is -2.45. The third kappa shape index (κ3) is 1.68. The van der Waals surface area contributed by atoms with Crippen molar-refractivity contribution in [3.8, 4) is 0 Å². The van der Waals surface area contributed by atoms with Gasteiger partial charge < -0.3 is 19.3 Å². The number of nitrogens with one attached hydrogen (secondary N) is 1. The minimum atomic E-state index is -0.959. The van der Waals surface area contributed by atoms with E-state index in [2.05, 4.69) is 4.98 Å². The fraction of sp³-hybridized carbons (Fsp3) is 0.636. The third-order valence-corrected chi connectivity index (χ3v) is 3.62. The third-order valence-electron chi connectivity index (χ3n) is 3.62. The first kappa shape index (κ1) is 12.5. The van der Waals surface area contributed by atoms with E-state index in [1.165, 1.54) is 23.9 Å². The number of aliphatic hydroxyl groups is 1. The number of methoxy groups -OCH3 is 1. The zero-order chi connectivity index (χ0) is 13.6. The summed E-state index contributed by atoms with van der Waals surface area (Å²) in [4.78, 5) is 25.0. The molecule has 2 aliphatic rings. The maximum absolute atomic E-state index is 11.8. The zero-order valence-corrected chi connectivity index (χ0v) is 10.2. The Morgan fingerprint density at radius 2 is 2.42 bits per heavy atom. The van der Waals surface area contributed by atoms with Crippen molar-refractivity contribution in [1.29, 1.82) is 0 Å². The number of fused-ring (bicyclic) bond motifs is 2. The van der Waals surface area contributed by atoms with Crippen molar-refractivity contribution in [2.45, 2.75) is 24.0 Å². The van der Waals surface area contributed by atoms with Crippen LogP contribution in [0.25, 0.3) is 0 Å². The van der Waals surface area contributed by atoms with Gasteiger partial charge in [0.05, 0.1) is 13.2 Å². The van der Waals surface area contributed by atoms with Gasteiger partial charge in [0.25, 0.3) is 5.56 Å². The quantitative estimate of drug-likeness (QED) is 0.672. The van der Waals surface area contributed by atoms with Gasteiger partial charge in [-0.05, 0) is 0 Å². The highest BCUT2D eigenvalue weighted by molar-refractivity contribution is 5.08. The SMILES string of the molecule is CO[C@@H]1C2OC[C@@]1(CO)O[C@H]2n1ccc(=O)[nH]c1=O. The molecule has 8 nitrogen and oxygen atoms in total. The van der Waals surface area contributed by atoms with Gasteiger partial charge in [-0.3, -0.25) is 14.3 Å². The highest BCUT2D eigenvalue weighted by Crippen LogP contribution is 2.45. The predicted molar refractivity (Wildman–Crippen MR) is 61.8 cm³/mol. The molecule has 0 aliphatic carbocycles. The Bertz CT molecular complexity index is 595. The molecule has 2 aliphatic heterocycles. The van der Waals surface area contributed by atoms with Crippen molar-refractivity contribution >= 4 is 0 Å². The molecule has 8 heteroatoms. The van der Waals surface area contributed by atoms with Gasteiger partial charge in [0.15, 0.2) is 6.23 Å². The van der Waals surface area contributed by atoms with E-state index in [9.17, 15) is 14.7 Å². The molecule has 0 aromatic carbocycles. The van der Waals surface area contributed by atoms with Crippen molar-refractivity contribution in [1.82, 2.24) is 9.55 Å². The number of hydrogen-bond acceptors (Lipinski definition) is 6. The van der Waals surface area contributed by atoms with Gasteiger partial charge in [-0.15, -0.1) is 0 Å². The van der Waals surface area contributed by atoms with E-state index < -0.39 is 35.3 Å². The van der Waals surface area contributed by atoms with Crippen LogP contribution in [0, 0.1) is 0 Å². The van der Waals surface area contributed by atoms with Crippen LogP contribution in [-0.2, 0) is 14.2 Å². The second kappa shape index (κ2) is 4.27. The highest BCUT2D eigenvalue weighted by Gasteiger charge is 2.62. The molecule has 3 heterocycles. The number of H-pyrrole nitrogens is 1. The Morgan fingerprint density at radius 1 is 1.63 bits per heavy atom. The Hall–Kier alpha value is -1.48. The van der Waals surface area contributed by atoms with Gasteiger partial charge in [0, 0.05) is 19.4 Å². The van der Waals surface area contributed by atoms with E-state index in [1.807, 2.05) is 0 Å². The number of ether oxygens (including phenoxy) is 3. The molecule has 4 atom stereocenters. The van der Waals surface area contributed by atoms with E-state index in [1.54, 1.807) is 0 Å². The van der Waals surface area contributed by atoms with Crippen molar-refractivity contribution in [3.05, 3.63) is 33.1 Å². The molecule has 1 unspecified atom stereocenters. The summed E-state index contributed by atoms with van der Waals surface area (Å²) in [6.45, 7) is -0.0577. The van der Waals surface area contributed by atoms with Crippen LogP contribution in [0.3, 0.4) is 0 Å². The minimum absolute atomic E-state index is 0.210. The van der Waals surface area contributed by atoms with E-state index in [0.717, 1.165) is 0 Å². The lowest BCUT2D eigenvalue weighted by molar-refractivity contribution is -0.188. The average Bonchev–Trinajstić information content (AvgIpc) is 2.91. The van der Waals surface area contributed by atoms with Crippen LogP contribution in [0.15, 0.2) is 21.9 Å². The van der Waals surface area contributed by atoms with Crippen LogP contribution < -0.4 is 11.2 Å². The number of nitrogens with zero attached hydrogens (tertiary/aromatic N) is 1. The first-order valence-electron chi connectivity index (χ1n) is 5.86. The summed E-state index contributed by atoms with van der Waals surface area (Å²) in [5, 5.41) is 9.49. The first-order valence-corrected chi connectivity index (χ1v) is 5.86. The summed E-state index contributed by atoms with van der Waals surface area (Å²) in [5.74, 6) is 0. The molecule has 2 saturated heterocycles. The van der Waals surface area contributed by atoms with E-state index >= 15 is 0 Å². The van der Waals surface area contributed by atoms with Crippen molar-refractivity contribution in [3.63, 3.8) is 0 Å². The lowest BCUT2D eigenvalue weighted by Gasteiger charge is -2.29. The molecule has 104 valence electrons. The number of rotatable bonds is 3. The highest BCUT2D eigenvalue weighted by atomic mass is 16.7. The van der Waals surface area contributed by atoms with Crippen LogP contribution in [-0.4, -0.2) is 52.8 Å². The lowest BCUT2D eigenvalue weighted by atomic mass is 10.0. The molecule has 2 bridgehead atoms. The van der Waals surface area contributed by atoms with Gasteiger partial charge >= 0.3 is 5.69 Å². The monoisotopic (exact) mass is 270 g/mol. The largest absolute Gasteiger partial charge is 0.393 e. The molecule has 0 spiro atoms. The number of aliphatic hydroxyl groups excluding tert-OH is 1. The van der Waals surface area contributed by atoms with Crippen LogP contribution in [0.4, 0.5) is 0 Å². The minimum Gasteiger partial charge on any atom is -0.393 e. The molecule has 3 rings (SSSR count). The molecule has 0 saturated carbocycles. The summed E-state index contributed by atoms with van der Waals surface area (Å²) in [6, 6.07) is 1.23. The molecule has 2 N–H and O–H groups in total. The molecular weight excluding hydrogens is 256 g/mol. The van der Waals surface area contributed by atoms with E-state index in [-0.39, 0.29) is 13.2 Å². The van der Waals surface area contributed by atoms with Gasteiger partial charge in [-0.1, -0.05) is 0 Å². The topological polar surface area (TPSA) is 103 Å². The smallest absolute Gasteiger partial charge is 0.330 e. The Balaban J connectivity index is 2.00. The standard InChI is InChI=1S/C11H14N2O6/c1-17-8-7-9(19-11(8,4-14)5-18-7)13-3-2-6(15)12-10(13)16/h2-3,7-9,14H,4-5H2,1H3,(H,12,15,16)/t7?,8-,9-,11-/m1/s1. The van der Waals surface area contributed by atoms with E-state index in [4.69, 9.17) is 14.2 Å². The molecule has 0 radical (unpaired) electrons.